The minimum absolute atomic E-state index is 0.155. The Labute approximate surface area is 127 Å². The van der Waals surface area contributed by atoms with Gasteiger partial charge in [-0.25, -0.2) is 0 Å². The molecule has 0 radical (unpaired) electrons. The fourth-order valence-electron chi connectivity index (χ4n) is 2.30. The van der Waals surface area contributed by atoms with E-state index in [1.54, 1.807) is 24.9 Å². The van der Waals surface area contributed by atoms with Crippen LogP contribution in [0.3, 0.4) is 0 Å². The van der Waals surface area contributed by atoms with Crippen molar-refractivity contribution in [3.8, 4) is 5.75 Å². The number of rotatable bonds is 2. The zero-order chi connectivity index (χ0) is 14.1. The number of ether oxygens (including phenoxy) is 1. The van der Waals surface area contributed by atoms with E-state index in [0.717, 1.165) is 21.8 Å². The van der Waals surface area contributed by atoms with E-state index in [9.17, 15) is 4.79 Å². The summed E-state index contributed by atoms with van der Waals surface area (Å²) in [6.07, 6.45) is 0.504. The van der Waals surface area contributed by atoms with Crippen LogP contribution in [0.15, 0.2) is 47.4 Å². The minimum Gasteiger partial charge on any atom is -0.497 e. The van der Waals surface area contributed by atoms with Crippen molar-refractivity contribution in [3.05, 3.63) is 58.6 Å². The van der Waals surface area contributed by atoms with Gasteiger partial charge in [0.2, 0.25) is 0 Å². The van der Waals surface area contributed by atoms with Crippen molar-refractivity contribution >= 4 is 29.1 Å². The highest BCUT2D eigenvalue weighted by Gasteiger charge is 2.27. The molecule has 0 aromatic heterocycles. The molecule has 3 rings (SSSR count). The Kier molecular flexibility index (Phi) is 3.72. The van der Waals surface area contributed by atoms with Crippen molar-refractivity contribution in [1.82, 2.24) is 0 Å². The summed E-state index contributed by atoms with van der Waals surface area (Å²) in [5.41, 5.74) is 1.89. The first-order valence-electron chi connectivity index (χ1n) is 6.31. The first kappa shape index (κ1) is 13.5. The van der Waals surface area contributed by atoms with Gasteiger partial charge in [0.1, 0.15) is 5.75 Å². The number of carbonyl (C=O) groups is 1. The molecule has 0 N–H and O–H groups in total. The quantitative estimate of drug-likeness (QED) is 0.799. The van der Waals surface area contributed by atoms with Gasteiger partial charge < -0.3 is 4.74 Å². The summed E-state index contributed by atoms with van der Waals surface area (Å²) in [5, 5.41) is 0.766. The highest BCUT2D eigenvalue weighted by Crippen LogP contribution is 2.45. The van der Waals surface area contributed by atoms with Gasteiger partial charge in [-0.15, -0.1) is 11.8 Å². The molecule has 20 heavy (non-hydrogen) atoms. The molecule has 2 aromatic rings. The SMILES string of the molecule is COc1ccc(C2CC(=O)c3cc(Cl)ccc3S2)cc1. The minimum atomic E-state index is 0.155. The third-order valence-electron chi connectivity index (χ3n) is 3.37. The number of methoxy groups -OCH3 is 1. The van der Waals surface area contributed by atoms with Gasteiger partial charge >= 0.3 is 0 Å². The Balaban J connectivity index is 1.90. The molecule has 4 heteroatoms. The highest BCUT2D eigenvalue weighted by molar-refractivity contribution is 7.99. The van der Waals surface area contributed by atoms with Crippen molar-refractivity contribution < 1.29 is 9.53 Å². The first-order valence-corrected chi connectivity index (χ1v) is 7.56. The molecule has 0 saturated heterocycles. The summed E-state index contributed by atoms with van der Waals surface area (Å²) >= 11 is 7.67. The largest absolute Gasteiger partial charge is 0.497 e. The second kappa shape index (κ2) is 5.51. The van der Waals surface area contributed by atoms with Gasteiger partial charge in [0.05, 0.1) is 7.11 Å². The number of Topliss-reactive ketones (excluding diaryl/α,β-unsaturated/α-hetero) is 1. The van der Waals surface area contributed by atoms with Crippen molar-refractivity contribution in [2.45, 2.75) is 16.6 Å². The topological polar surface area (TPSA) is 26.3 Å². The van der Waals surface area contributed by atoms with E-state index in [-0.39, 0.29) is 11.0 Å². The average Bonchev–Trinajstić information content (AvgIpc) is 2.48. The van der Waals surface area contributed by atoms with E-state index in [2.05, 4.69) is 0 Å². The third-order valence-corrected chi connectivity index (χ3v) is 4.94. The van der Waals surface area contributed by atoms with Gasteiger partial charge in [0, 0.05) is 27.2 Å². The van der Waals surface area contributed by atoms with Crippen LogP contribution in [0, 0.1) is 0 Å². The predicted octanol–water partition coefficient (Wildman–Crippen LogP) is 4.77. The van der Waals surface area contributed by atoms with Crippen molar-refractivity contribution in [2.75, 3.05) is 7.11 Å². The van der Waals surface area contributed by atoms with Gasteiger partial charge in [0.25, 0.3) is 0 Å². The summed E-state index contributed by atoms with van der Waals surface area (Å²) in [4.78, 5) is 13.3. The molecule has 1 aliphatic rings. The summed E-state index contributed by atoms with van der Waals surface area (Å²) < 4.78 is 5.16. The number of carbonyl (C=O) groups excluding carboxylic acids is 1. The zero-order valence-electron chi connectivity index (χ0n) is 10.9. The Morgan fingerprint density at radius 3 is 2.65 bits per heavy atom. The number of halogens is 1. The molecule has 0 amide bonds. The number of hydrogen-bond acceptors (Lipinski definition) is 3. The standard InChI is InChI=1S/C16H13ClO2S/c1-19-12-5-2-10(3-6-12)16-9-14(18)13-8-11(17)4-7-15(13)20-16/h2-8,16H,9H2,1H3. The molecule has 0 fully saturated rings. The van der Waals surface area contributed by atoms with Gasteiger partial charge in [-0.2, -0.15) is 0 Å². The van der Waals surface area contributed by atoms with Crippen molar-refractivity contribution in [2.24, 2.45) is 0 Å². The van der Waals surface area contributed by atoms with E-state index in [1.807, 2.05) is 36.4 Å². The average molecular weight is 305 g/mol. The molecule has 0 spiro atoms. The monoisotopic (exact) mass is 304 g/mol. The van der Waals surface area contributed by atoms with Crippen LogP contribution in [0.2, 0.25) is 5.02 Å². The van der Waals surface area contributed by atoms with Gasteiger partial charge in [-0.3, -0.25) is 4.79 Å². The molecule has 1 unspecified atom stereocenters. The molecule has 1 atom stereocenters. The smallest absolute Gasteiger partial charge is 0.165 e. The van der Waals surface area contributed by atoms with Crippen LogP contribution in [0.4, 0.5) is 0 Å². The third kappa shape index (κ3) is 2.56. The lowest BCUT2D eigenvalue weighted by atomic mass is 10.0. The molecule has 0 aliphatic carbocycles. The van der Waals surface area contributed by atoms with Crippen LogP contribution < -0.4 is 4.74 Å². The maximum atomic E-state index is 12.2. The maximum absolute atomic E-state index is 12.2. The number of thioether (sulfide) groups is 1. The second-order valence-electron chi connectivity index (χ2n) is 4.65. The summed E-state index contributed by atoms with van der Waals surface area (Å²) in [7, 11) is 1.65. The molecule has 2 nitrogen and oxygen atoms in total. The van der Waals surface area contributed by atoms with Crippen LogP contribution in [-0.4, -0.2) is 12.9 Å². The van der Waals surface area contributed by atoms with Crippen LogP contribution >= 0.6 is 23.4 Å². The van der Waals surface area contributed by atoms with E-state index in [1.165, 1.54) is 0 Å². The number of benzene rings is 2. The molecule has 0 bridgehead atoms. The molecule has 0 saturated carbocycles. The summed E-state index contributed by atoms with van der Waals surface area (Å²) in [6, 6.07) is 13.4. The highest BCUT2D eigenvalue weighted by atomic mass is 35.5. The lowest BCUT2D eigenvalue weighted by molar-refractivity contribution is 0.0976. The summed E-state index contributed by atoms with van der Waals surface area (Å²) in [6.45, 7) is 0. The van der Waals surface area contributed by atoms with Crippen LogP contribution in [0.5, 0.6) is 5.75 Å². The lowest BCUT2D eigenvalue weighted by Gasteiger charge is -2.23. The van der Waals surface area contributed by atoms with E-state index < -0.39 is 0 Å². The van der Waals surface area contributed by atoms with Gasteiger partial charge in [-0.05, 0) is 35.9 Å². The Hall–Kier alpha value is -1.45. The Morgan fingerprint density at radius 1 is 1.20 bits per heavy atom. The fourth-order valence-corrected chi connectivity index (χ4v) is 3.75. The fraction of sp³-hybridized carbons (Fsp3) is 0.188. The predicted molar refractivity (Wildman–Crippen MR) is 82.0 cm³/mol. The van der Waals surface area contributed by atoms with Crippen molar-refractivity contribution in [3.63, 3.8) is 0 Å². The van der Waals surface area contributed by atoms with E-state index >= 15 is 0 Å². The van der Waals surface area contributed by atoms with Gasteiger partial charge in [0.15, 0.2) is 5.78 Å². The van der Waals surface area contributed by atoms with Crippen LogP contribution in [0.1, 0.15) is 27.6 Å². The van der Waals surface area contributed by atoms with E-state index in [4.69, 9.17) is 16.3 Å². The number of hydrogen-bond donors (Lipinski definition) is 0. The summed E-state index contributed by atoms with van der Waals surface area (Å²) in [5.74, 6) is 0.982. The maximum Gasteiger partial charge on any atom is 0.165 e. The van der Waals surface area contributed by atoms with Crippen LogP contribution in [0.25, 0.3) is 0 Å². The van der Waals surface area contributed by atoms with Crippen molar-refractivity contribution in [1.29, 1.82) is 0 Å². The molecule has 2 aromatic carbocycles. The number of ketones is 1. The molecule has 1 aliphatic heterocycles. The molecular formula is C16H13ClO2S. The Bertz CT molecular complexity index is 652. The first-order chi connectivity index (χ1) is 9.67. The lowest BCUT2D eigenvalue weighted by Crippen LogP contribution is -2.12. The number of fused-ring (bicyclic) bond motifs is 1. The molecule has 102 valence electrons. The van der Waals surface area contributed by atoms with Crippen LogP contribution in [-0.2, 0) is 0 Å². The zero-order valence-corrected chi connectivity index (χ0v) is 12.5. The van der Waals surface area contributed by atoms with E-state index in [0.29, 0.717) is 11.4 Å². The second-order valence-corrected chi connectivity index (χ2v) is 6.33. The normalized spacial score (nSPS) is 17.7. The Morgan fingerprint density at radius 2 is 1.95 bits per heavy atom. The molecular weight excluding hydrogens is 292 g/mol. The molecule has 1 heterocycles. The van der Waals surface area contributed by atoms with Gasteiger partial charge in [-0.1, -0.05) is 23.7 Å².